The van der Waals surface area contributed by atoms with Crippen LogP contribution in [0.2, 0.25) is 0 Å². The van der Waals surface area contributed by atoms with E-state index in [9.17, 15) is 0 Å². The molecule has 1 spiro atoms. The van der Waals surface area contributed by atoms with Gasteiger partial charge in [0.25, 0.3) is 0 Å². The highest BCUT2D eigenvalue weighted by Gasteiger charge is 2.38. The molecule has 1 saturated heterocycles. The van der Waals surface area contributed by atoms with Crippen molar-refractivity contribution in [1.29, 1.82) is 0 Å². The first-order valence-electron chi connectivity index (χ1n) is 9.43. The normalized spacial score (nSPS) is 22.4. The third-order valence-corrected chi connectivity index (χ3v) is 7.01. The zero-order chi connectivity index (χ0) is 17.7. The highest BCUT2D eigenvalue weighted by atomic mass is 32.2. The minimum atomic E-state index is 0.203. The third-order valence-electron chi connectivity index (χ3n) is 5.47. The summed E-state index contributed by atoms with van der Waals surface area (Å²) in [5.41, 5.74) is 0. The molecule has 1 N–H and O–H groups in total. The van der Waals surface area contributed by atoms with Crippen LogP contribution in [0.15, 0.2) is 27.8 Å². The number of nitrogens with zero attached hydrogens (tertiary/aromatic N) is 3. The van der Waals surface area contributed by atoms with E-state index in [1.807, 2.05) is 19.2 Å². The van der Waals surface area contributed by atoms with E-state index < -0.39 is 0 Å². The number of nitrogens with one attached hydrogen (secondary N) is 1. The highest BCUT2D eigenvalue weighted by molar-refractivity contribution is 8.00. The van der Waals surface area contributed by atoms with Crippen molar-refractivity contribution < 1.29 is 4.42 Å². The first-order chi connectivity index (χ1) is 12.1. The fourth-order valence-corrected chi connectivity index (χ4v) is 5.63. The number of hydrogen-bond donors (Lipinski definition) is 1. The molecular formula is C19H32N4OS. The Kier molecular flexibility index (Phi) is 6.34. The lowest BCUT2D eigenvalue weighted by Gasteiger charge is -2.45. The summed E-state index contributed by atoms with van der Waals surface area (Å²) >= 11 is 2.20. The molecule has 2 aliphatic rings. The van der Waals surface area contributed by atoms with Crippen molar-refractivity contribution in [1.82, 2.24) is 15.1 Å². The van der Waals surface area contributed by atoms with E-state index in [4.69, 9.17) is 4.42 Å². The van der Waals surface area contributed by atoms with Gasteiger partial charge in [-0.15, -0.1) is 0 Å². The van der Waals surface area contributed by atoms with Gasteiger partial charge in [-0.2, -0.15) is 11.8 Å². The number of hydrogen-bond acceptors (Lipinski definition) is 4. The second-order valence-corrected chi connectivity index (χ2v) is 9.00. The molecule has 0 radical (unpaired) electrons. The molecule has 140 valence electrons. The Labute approximate surface area is 156 Å². The lowest BCUT2D eigenvalue weighted by molar-refractivity contribution is 0.252. The summed E-state index contributed by atoms with van der Waals surface area (Å²) < 4.78 is 6.07. The second-order valence-electron chi connectivity index (χ2n) is 7.44. The molecule has 1 aliphatic carbocycles. The third kappa shape index (κ3) is 4.53. The monoisotopic (exact) mass is 364 g/mol. The highest BCUT2D eigenvalue weighted by Crippen LogP contribution is 2.42. The summed E-state index contributed by atoms with van der Waals surface area (Å²) in [6, 6.07) is 4.20. The second kappa shape index (κ2) is 8.49. The molecule has 1 saturated carbocycles. The van der Waals surface area contributed by atoms with Crippen molar-refractivity contribution in [3.63, 3.8) is 0 Å². The van der Waals surface area contributed by atoms with Crippen molar-refractivity contribution in [2.24, 2.45) is 4.99 Å². The van der Waals surface area contributed by atoms with Gasteiger partial charge >= 0.3 is 0 Å². The molecule has 1 aliphatic heterocycles. The molecule has 0 bridgehead atoms. The Hall–Kier alpha value is -1.14. The van der Waals surface area contributed by atoms with Gasteiger partial charge < -0.3 is 14.6 Å². The van der Waals surface area contributed by atoms with Crippen molar-refractivity contribution >= 4 is 17.7 Å². The standard InChI is InChI=1S/C19H32N4OS/c1-20-18(21-14-16(22(2)3)17-8-7-12-24-17)23-11-13-25-19(15-23)9-5-4-6-10-19/h7-8,12,16H,4-6,9-11,13-15H2,1-3H3,(H,20,21). The van der Waals surface area contributed by atoms with E-state index in [1.54, 1.807) is 6.26 Å². The van der Waals surface area contributed by atoms with Crippen molar-refractivity contribution in [3.8, 4) is 0 Å². The summed E-state index contributed by atoms with van der Waals surface area (Å²) in [5, 5.41) is 3.60. The Balaban J connectivity index is 1.62. The van der Waals surface area contributed by atoms with Crippen LogP contribution >= 0.6 is 11.8 Å². The predicted octanol–water partition coefficient (Wildman–Crippen LogP) is 3.21. The fraction of sp³-hybridized carbons (Fsp3) is 0.737. The van der Waals surface area contributed by atoms with E-state index in [0.29, 0.717) is 4.75 Å². The van der Waals surface area contributed by atoms with Crippen molar-refractivity contribution in [2.45, 2.75) is 42.9 Å². The smallest absolute Gasteiger partial charge is 0.193 e. The van der Waals surface area contributed by atoms with Gasteiger partial charge in [0.15, 0.2) is 5.96 Å². The van der Waals surface area contributed by atoms with Gasteiger partial charge in [0.05, 0.1) is 12.3 Å². The number of rotatable bonds is 4. The quantitative estimate of drug-likeness (QED) is 0.656. The predicted molar refractivity (Wildman–Crippen MR) is 106 cm³/mol. The van der Waals surface area contributed by atoms with Crippen LogP contribution in [0.1, 0.15) is 43.9 Å². The van der Waals surface area contributed by atoms with Crippen LogP contribution in [-0.2, 0) is 0 Å². The molecule has 25 heavy (non-hydrogen) atoms. The molecular weight excluding hydrogens is 332 g/mol. The van der Waals surface area contributed by atoms with Crippen LogP contribution in [0.25, 0.3) is 0 Å². The maximum atomic E-state index is 5.62. The van der Waals surface area contributed by atoms with Gasteiger partial charge in [0, 0.05) is 37.2 Å². The van der Waals surface area contributed by atoms with E-state index in [-0.39, 0.29) is 6.04 Å². The van der Waals surface area contributed by atoms with E-state index in [1.165, 1.54) is 37.9 Å². The molecule has 5 nitrogen and oxygen atoms in total. The van der Waals surface area contributed by atoms with Gasteiger partial charge in [-0.3, -0.25) is 9.89 Å². The van der Waals surface area contributed by atoms with Gasteiger partial charge in [-0.1, -0.05) is 19.3 Å². The Morgan fingerprint density at radius 2 is 2.20 bits per heavy atom. The lowest BCUT2D eigenvalue weighted by atomic mass is 9.87. The van der Waals surface area contributed by atoms with Crippen LogP contribution in [-0.4, -0.2) is 67.0 Å². The van der Waals surface area contributed by atoms with Crippen molar-refractivity contribution in [2.75, 3.05) is 46.5 Å². The molecule has 2 fully saturated rings. The van der Waals surface area contributed by atoms with Crippen LogP contribution in [0, 0.1) is 0 Å². The number of aliphatic imine (C=N–C) groups is 1. The number of furan rings is 1. The molecule has 0 aromatic carbocycles. The Bertz CT molecular complexity index is 546. The van der Waals surface area contributed by atoms with Crippen molar-refractivity contribution in [3.05, 3.63) is 24.2 Å². The maximum absolute atomic E-state index is 5.62. The summed E-state index contributed by atoms with van der Waals surface area (Å²) in [4.78, 5) is 9.23. The van der Waals surface area contributed by atoms with Crippen LogP contribution in [0.3, 0.4) is 0 Å². The fourth-order valence-electron chi connectivity index (χ4n) is 4.06. The first kappa shape index (κ1) is 18.6. The van der Waals surface area contributed by atoms with E-state index in [0.717, 1.165) is 31.4 Å². The van der Waals surface area contributed by atoms with E-state index in [2.05, 4.69) is 46.0 Å². The van der Waals surface area contributed by atoms with Crippen LogP contribution in [0.5, 0.6) is 0 Å². The first-order valence-corrected chi connectivity index (χ1v) is 10.4. The molecule has 1 aromatic heterocycles. The Morgan fingerprint density at radius 1 is 1.40 bits per heavy atom. The van der Waals surface area contributed by atoms with Gasteiger partial charge in [-0.25, -0.2) is 0 Å². The lowest BCUT2D eigenvalue weighted by Crippen LogP contribution is -2.54. The van der Waals surface area contributed by atoms with Gasteiger partial charge in [0.2, 0.25) is 0 Å². The topological polar surface area (TPSA) is 44.0 Å². The minimum absolute atomic E-state index is 0.203. The summed E-state index contributed by atoms with van der Waals surface area (Å²) in [6.07, 6.45) is 8.64. The SMILES string of the molecule is CN=C(NCC(c1ccco1)N(C)C)N1CCSC2(CCCCC2)C1. The number of guanidine groups is 1. The minimum Gasteiger partial charge on any atom is -0.468 e. The molecule has 1 atom stereocenters. The van der Waals surface area contributed by atoms with Gasteiger partial charge in [-0.05, 0) is 39.1 Å². The molecule has 1 aromatic rings. The van der Waals surface area contributed by atoms with Crippen LogP contribution in [0.4, 0.5) is 0 Å². The number of thioether (sulfide) groups is 1. The zero-order valence-corrected chi connectivity index (χ0v) is 16.6. The summed E-state index contributed by atoms with van der Waals surface area (Å²) in [5.74, 6) is 3.23. The molecule has 6 heteroatoms. The molecule has 3 rings (SSSR count). The number of likely N-dealkylation sites (N-methyl/N-ethyl adjacent to an activating group) is 1. The average molecular weight is 365 g/mol. The van der Waals surface area contributed by atoms with Crippen LogP contribution < -0.4 is 5.32 Å². The summed E-state index contributed by atoms with van der Waals surface area (Å²) in [6.45, 7) is 3.01. The van der Waals surface area contributed by atoms with Gasteiger partial charge in [0.1, 0.15) is 5.76 Å². The molecule has 2 heterocycles. The summed E-state index contributed by atoms with van der Waals surface area (Å²) in [7, 11) is 6.08. The zero-order valence-electron chi connectivity index (χ0n) is 15.8. The Morgan fingerprint density at radius 3 is 2.84 bits per heavy atom. The molecule has 1 unspecified atom stereocenters. The average Bonchev–Trinajstić information content (AvgIpc) is 3.13. The molecule has 0 amide bonds. The maximum Gasteiger partial charge on any atom is 0.193 e. The largest absolute Gasteiger partial charge is 0.468 e. The van der Waals surface area contributed by atoms with E-state index >= 15 is 0 Å².